The fourth-order valence-electron chi connectivity index (χ4n) is 4.80. The first-order valence-corrected chi connectivity index (χ1v) is 12.4. The highest BCUT2D eigenvalue weighted by molar-refractivity contribution is 5.93. The predicted molar refractivity (Wildman–Crippen MR) is 131 cm³/mol. The van der Waals surface area contributed by atoms with Gasteiger partial charge in [0.2, 0.25) is 0 Å². The van der Waals surface area contributed by atoms with Gasteiger partial charge in [-0.1, -0.05) is 58.2 Å². The number of carboxylic acids is 1. The number of benzene rings is 1. The summed E-state index contributed by atoms with van der Waals surface area (Å²) in [5.74, 6) is -0.365. The Morgan fingerprint density at radius 1 is 1.24 bits per heavy atom. The molecule has 1 aromatic heterocycles. The number of hydrogen-bond donors (Lipinski definition) is 2. The van der Waals surface area contributed by atoms with E-state index in [0.29, 0.717) is 12.1 Å². The Labute approximate surface area is 197 Å². The van der Waals surface area contributed by atoms with Crippen molar-refractivity contribution in [2.24, 2.45) is 5.92 Å². The Morgan fingerprint density at radius 3 is 2.76 bits per heavy atom. The number of imidazole rings is 1. The molecule has 33 heavy (non-hydrogen) atoms. The smallest absolute Gasteiger partial charge is 0.307 e. The van der Waals surface area contributed by atoms with Crippen LogP contribution >= 0.6 is 0 Å². The summed E-state index contributed by atoms with van der Waals surface area (Å²) >= 11 is 0. The summed E-state index contributed by atoms with van der Waals surface area (Å²) in [4.78, 5) is 29.1. The number of carboxylic acid groups (broad SMARTS) is 1. The van der Waals surface area contributed by atoms with Gasteiger partial charge in [-0.25, -0.2) is 4.98 Å². The van der Waals surface area contributed by atoms with Crippen LogP contribution in [0.1, 0.15) is 93.3 Å². The van der Waals surface area contributed by atoms with E-state index in [9.17, 15) is 14.7 Å². The maximum atomic E-state index is 12.6. The number of fused-ring (bicyclic) bond motifs is 1. The number of hydrogen-bond acceptors (Lipinski definition) is 3. The van der Waals surface area contributed by atoms with Gasteiger partial charge in [0, 0.05) is 24.5 Å². The van der Waals surface area contributed by atoms with Crippen LogP contribution in [0.4, 0.5) is 0 Å². The Kier molecular flexibility index (Phi) is 8.87. The summed E-state index contributed by atoms with van der Waals surface area (Å²) in [6, 6.07) is 6.28. The molecule has 3 rings (SSSR count). The van der Waals surface area contributed by atoms with E-state index in [1.165, 1.54) is 5.56 Å². The molecule has 6 nitrogen and oxygen atoms in total. The van der Waals surface area contributed by atoms with Gasteiger partial charge in [-0.2, -0.15) is 0 Å². The highest BCUT2D eigenvalue weighted by Crippen LogP contribution is 2.41. The molecule has 0 spiro atoms. The number of amides is 1. The number of nitrogens with zero attached hydrogens (tertiary/aromatic N) is 2. The Bertz CT molecular complexity index is 992. The van der Waals surface area contributed by atoms with Gasteiger partial charge in [0.05, 0.1) is 5.92 Å². The molecule has 0 fully saturated rings. The lowest BCUT2D eigenvalue weighted by atomic mass is 9.84. The summed E-state index contributed by atoms with van der Waals surface area (Å²) in [6.45, 7) is 7.04. The van der Waals surface area contributed by atoms with Gasteiger partial charge in [0.1, 0.15) is 11.5 Å². The highest BCUT2D eigenvalue weighted by atomic mass is 16.4. The number of rotatable bonds is 12. The van der Waals surface area contributed by atoms with E-state index in [1.54, 1.807) is 6.20 Å². The topological polar surface area (TPSA) is 84.2 Å². The van der Waals surface area contributed by atoms with Crippen LogP contribution in [0.25, 0.3) is 11.4 Å². The van der Waals surface area contributed by atoms with Crippen molar-refractivity contribution in [1.82, 2.24) is 14.9 Å². The molecule has 6 heteroatoms. The number of aromatic nitrogens is 2. The maximum absolute atomic E-state index is 12.6. The van der Waals surface area contributed by atoms with Crippen molar-refractivity contribution in [2.75, 3.05) is 0 Å². The second-order valence-corrected chi connectivity index (χ2v) is 8.93. The zero-order chi connectivity index (χ0) is 23.8. The van der Waals surface area contributed by atoms with Crippen LogP contribution in [0.2, 0.25) is 0 Å². The maximum Gasteiger partial charge on any atom is 0.307 e. The number of allylic oxidation sites excluding steroid dienone is 1. The van der Waals surface area contributed by atoms with Crippen LogP contribution in [0.3, 0.4) is 0 Å². The van der Waals surface area contributed by atoms with Gasteiger partial charge in [-0.3, -0.25) is 9.59 Å². The van der Waals surface area contributed by atoms with Crippen LogP contribution in [0.15, 0.2) is 36.7 Å². The van der Waals surface area contributed by atoms with Crippen LogP contribution in [0, 0.1) is 5.92 Å². The van der Waals surface area contributed by atoms with Crippen molar-refractivity contribution >= 4 is 11.9 Å². The standard InChI is InChI=1S/C27H37N3O3/c1-4-7-9-16-30-18-24(26(31)28-15-8-5-2)29-25(30)20-12-13-21-19(17-20)11-14-22(21)23(10-6-3)27(32)33/h8,12-13,15,17-18,22-23H,4-7,9-11,14,16H2,1-3H3,(H,28,31)(H,32,33)/b15-8+. The minimum absolute atomic E-state index is 0.0718. The highest BCUT2D eigenvalue weighted by Gasteiger charge is 2.34. The summed E-state index contributed by atoms with van der Waals surface area (Å²) in [5, 5.41) is 12.5. The van der Waals surface area contributed by atoms with Crippen LogP contribution in [0.5, 0.6) is 0 Å². The number of carbonyl (C=O) groups is 2. The molecular formula is C27H37N3O3. The Hall–Kier alpha value is -2.89. The molecule has 0 saturated carbocycles. The third kappa shape index (κ3) is 5.92. The van der Waals surface area contributed by atoms with Crippen molar-refractivity contribution < 1.29 is 14.7 Å². The lowest BCUT2D eigenvalue weighted by molar-refractivity contribution is -0.142. The SMILES string of the molecule is CC/C=C/NC(=O)c1cn(CCCCC)c(-c2ccc3c(c2)CCC3C(CCC)C(=O)O)n1. The van der Waals surface area contributed by atoms with E-state index in [1.807, 2.05) is 32.2 Å². The second kappa shape index (κ2) is 11.8. The molecule has 1 heterocycles. The lowest BCUT2D eigenvalue weighted by Crippen LogP contribution is -2.20. The molecule has 0 aliphatic heterocycles. The third-order valence-electron chi connectivity index (χ3n) is 6.51. The summed E-state index contributed by atoms with van der Waals surface area (Å²) in [7, 11) is 0. The van der Waals surface area contributed by atoms with E-state index >= 15 is 0 Å². The normalized spacial score (nSPS) is 16.2. The first-order chi connectivity index (χ1) is 16.0. The molecule has 1 aliphatic rings. The first kappa shape index (κ1) is 24.7. The second-order valence-electron chi connectivity index (χ2n) is 8.93. The van der Waals surface area contributed by atoms with E-state index in [2.05, 4.69) is 28.9 Å². The third-order valence-corrected chi connectivity index (χ3v) is 6.51. The monoisotopic (exact) mass is 451 g/mol. The zero-order valence-electron chi connectivity index (χ0n) is 20.1. The van der Waals surface area contributed by atoms with Gasteiger partial charge in [-0.15, -0.1) is 0 Å². The predicted octanol–water partition coefficient (Wildman–Crippen LogP) is 5.92. The van der Waals surface area contributed by atoms with Gasteiger partial charge in [0.25, 0.3) is 5.91 Å². The molecule has 0 saturated heterocycles. The quantitative estimate of drug-likeness (QED) is 0.392. The number of carbonyl (C=O) groups excluding carboxylic acids is 1. The Morgan fingerprint density at radius 2 is 2.06 bits per heavy atom. The summed E-state index contributed by atoms with van der Waals surface area (Å²) in [5.41, 5.74) is 3.76. The molecule has 2 N–H and O–H groups in total. The van der Waals surface area contributed by atoms with Gasteiger partial charge >= 0.3 is 5.97 Å². The number of aliphatic carboxylic acids is 1. The number of unbranched alkanes of at least 4 members (excludes halogenated alkanes) is 2. The van der Waals surface area contributed by atoms with Crippen molar-refractivity contribution in [3.8, 4) is 11.4 Å². The average Bonchev–Trinajstić information content (AvgIpc) is 3.41. The molecule has 2 unspecified atom stereocenters. The van der Waals surface area contributed by atoms with Crippen LogP contribution < -0.4 is 5.32 Å². The zero-order valence-corrected chi connectivity index (χ0v) is 20.1. The minimum Gasteiger partial charge on any atom is -0.481 e. The molecule has 1 aliphatic carbocycles. The molecule has 178 valence electrons. The van der Waals surface area contributed by atoms with E-state index in [-0.39, 0.29) is 17.7 Å². The van der Waals surface area contributed by atoms with Crippen molar-refractivity contribution in [2.45, 2.75) is 84.6 Å². The molecule has 2 aromatic rings. The van der Waals surface area contributed by atoms with Gasteiger partial charge < -0.3 is 15.0 Å². The lowest BCUT2D eigenvalue weighted by Gasteiger charge is -2.20. The fourth-order valence-corrected chi connectivity index (χ4v) is 4.80. The molecule has 1 aromatic carbocycles. The minimum atomic E-state index is -0.696. The molecule has 0 bridgehead atoms. The molecule has 2 atom stereocenters. The molecular weight excluding hydrogens is 414 g/mol. The van der Waals surface area contributed by atoms with E-state index in [4.69, 9.17) is 4.98 Å². The van der Waals surface area contributed by atoms with Crippen molar-refractivity contribution in [1.29, 1.82) is 0 Å². The van der Waals surface area contributed by atoms with E-state index < -0.39 is 5.97 Å². The molecule has 0 radical (unpaired) electrons. The Balaban J connectivity index is 1.91. The average molecular weight is 452 g/mol. The summed E-state index contributed by atoms with van der Waals surface area (Å²) < 4.78 is 2.08. The molecule has 1 amide bonds. The van der Waals surface area contributed by atoms with Crippen molar-refractivity contribution in [3.05, 3.63) is 53.5 Å². The first-order valence-electron chi connectivity index (χ1n) is 12.4. The van der Waals surface area contributed by atoms with E-state index in [0.717, 1.165) is 68.4 Å². The van der Waals surface area contributed by atoms with Gasteiger partial charge in [-0.05, 0) is 55.2 Å². The van der Waals surface area contributed by atoms with Crippen LogP contribution in [-0.4, -0.2) is 26.5 Å². The van der Waals surface area contributed by atoms with Gasteiger partial charge in [0.15, 0.2) is 0 Å². The largest absolute Gasteiger partial charge is 0.481 e. The fraction of sp³-hybridized carbons (Fsp3) is 0.519. The number of nitrogens with one attached hydrogen (secondary N) is 1. The summed E-state index contributed by atoms with van der Waals surface area (Å²) in [6.07, 6.45) is 12.9. The van der Waals surface area contributed by atoms with Crippen LogP contribution in [-0.2, 0) is 17.8 Å². The number of aryl methyl sites for hydroxylation is 2. The van der Waals surface area contributed by atoms with Crippen molar-refractivity contribution in [3.63, 3.8) is 0 Å².